The van der Waals surface area contributed by atoms with E-state index in [1.54, 1.807) is 73.1 Å². The van der Waals surface area contributed by atoms with Crippen LogP contribution in [0.15, 0.2) is 130 Å². The Morgan fingerprint density at radius 2 is 0.898 bits per heavy atom. The Morgan fingerprint density at radius 1 is 0.492 bits per heavy atom. The van der Waals surface area contributed by atoms with E-state index in [1.807, 2.05) is 48.5 Å². The average Bonchev–Trinajstić information content (AvgIpc) is 3.26. The van der Waals surface area contributed by atoms with E-state index in [0.717, 1.165) is 60.1 Å². The molecule has 59 heavy (non-hydrogen) atoms. The first-order valence-corrected chi connectivity index (χ1v) is 21.7. The molecular formula is C50H55BrN2O6. The smallest absolute Gasteiger partial charge is 0.343 e. The van der Waals surface area contributed by atoms with E-state index in [0.29, 0.717) is 15.6 Å². The third kappa shape index (κ3) is 16.0. The van der Waals surface area contributed by atoms with Gasteiger partial charge in [-0.05, 0) is 125 Å². The molecule has 5 rings (SSSR count). The zero-order chi connectivity index (χ0) is 41.5. The van der Waals surface area contributed by atoms with E-state index in [9.17, 15) is 9.59 Å². The molecule has 0 aliphatic rings. The zero-order valence-corrected chi connectivity index (χ0v) is 35.8. The molecule has 0 aliphatic carbocycles. The molecule has 9 heteroatoms. The van der Waals surface area contributed by atoms with Crippen LogP contribution in [0.25, 0.3) is 0 Å². The van der Waals surface area contributed by atoms with Crippen LogP contribution in [0.1, 0.15) is 123 Å². The van der Waals surface area contributed by atoms with Crippen molar-refractivity contribution >= 4 is 51.7 Å². The Bertz CT molecular complexity index is 2080. The summed E-state index contributed by atoms with van der Waals surface area (Å²) >= 11 is 3.43. The van der Waals surface area contributed by atoms with Gasteiger partial charge in [-0.3, -0.25) is 9.98 Å². The second kappa shape index (κ2) is 25.1. The lowest BCUT2D eigenvalue weighted by Gasteiger charge is -2.10. The molecule has 0 atom stereocenters. The minimum Gasteiger partial charge on any atom is -0.494 e. The van der Waals surface area contributed by atoms with Crippen LogP contribution in [-0.2, 0) is 0 Å². The molecule has 8 nitrogen and oxygen atoms in total. The maximum absolute atomic E-state index is 13.1. The van der Waals surface area contributed by atoms with Crippen LogP contribution in [0.5, 0.6) is 23.0 Å². The van der Waals surface area contributed by atoms with Crippen molar-refractivity contribution in [1.82, 2.24) is 0 Å². The summed E-state index contributed by atoms with van der Waals surface area (Å²) in [5.41, 5.74) is 3.99. The largest absolute Gasteiger partial charge is 0.494 e. The highest BCUT2D eigenvalue weighted by molar-refractivity contribution is 9.10. The van der Waals surface area contributed by atoms with Gasteiger partial charge in [0.2, 0.25) is 0 Å². The van der Waals surface area contributed by atoms with Gasteiger partial charge in [0.15, 0.2) is 0 Å². The van der Waals surface area contributed by atoms with Gasteiger partial charge < -0.3 is 18.9 Å². The molecule has 308 valence electrons. The summed E-state index contributed by atoms with van der Waals surface area (Å²) in [7, 11) is 0. The lowest BCUT2D eigenvalue weighted by Crippen LogP contribution is -2.10. The Balaban J connectivity index is 1.06. The number of nitrogens with zero attached hydrogens (tertiary/aromatic N) is 2. The maximum Gasteiger partial charge on any atom is 0.343 e. The third-order valence-electron chi connectivity index (χ3n) is 9.54. The lowest BCUT2D eigenvalue weighted by atomic mass is 10.1. The number of carbonyl (C=O) groups is 2. The van der Waals surface area contributed by atoms with Gasteiger partial charge in [0.05, 0.1) is 40.2 Å². The first kappa shape index (κ1) is 44.6. The minimum absolute atomic E-state index is 0.217. The summed E-state index contributed by atoms with van der Waals surface area (Å²) in [5, 5.41) is 0. The molecule has 0 amide bonds. The van der Waals surface area contributed by atoms with Crippen molar-refractivity contribution in [2.45, 2.75) is 90.9 Å². The summed E-state index contributed by atoms with van der Waals surface area (Å²) in [6, 6.07) is 34.1. The van der Waals surface area contributed by atoms with Crippen LogP contribution < -0.4 is 18.9 Å². The first-order chi connectivity index (χ1) is 28.9. The molecular weight excluding hydrogens is 804 g/mol. The Labute approximate surface area is 357 Å². The van der Waals surface area contributed by atoms with Crippen LogP contribution in [0, 0.1) is 0 Å². The van der Waals surface area contributed by atoms with E-state index in [1.165, 1.54) is 70.3 Å². The highest BCUT2D eigenvalue weighted by Gasteiger charge is 2.15. The SMILES string of the molecule is CCCCCCCCOc1ccc(N=Cc2ccc(C(=O)Oc3ccc(Br)c(OC(=O)c4ccc(C=Nc5ccc(OCCCCCCCC)cc5)cc4)c3)cc2)cc1. The van der Waals surface area contributed by atoms with E-state index < -0.39 is 11.9 Å². The molecule has 0 radical (unpaired) electrons. The predicted octanol–water partition coefficient (Wildman–Crippen LogP) is 13.9. The summed E-state index contributed by atoms with van der Waals surface area (Å²) in [4.78, 5) is 35.2. The maximum atomic E-state index is 13.1. The molecule has 0 heterocycles. The number of esters is 2. The van der Waals surface area contributed by atoms with Crippen molar-refractivity contribution in [2.75, 3.05) is 13.2 Å². The van der Waals surface area contributed by atoms with Gasteiger partial charge in [0, 0.05) is 18.5 Å². The summed E-state index contributed by atoms with van der Waals surface area (Å²) in [6.45, 7) is 5.90. The molecule has 0 aromatic heterocycles. The highest BCUT2D eigenvalue weighted by Crippen LogP contribution is 2.31. The highest BCUT2D eigenvalue weighted by atomic mass is 79.9. The van der Waals surface area contributed by atoms with Crippen molar-refractivity contribution in [3.63, 3.8) is 0 Å². The van der Waals surface area contributed by atoms with Gasteiger partial charge >= 0.3 is 11.9 Å². The first-order valence-electron chi connectivity index (χ1n) is 20.9. The summed E-state index contributed by atoms with van der Waals surface area (Å²) in [5.74, 6) is 1.02. The Hall–Kier alpha value is -5.54. The molecule has 0 saturated carbocycles. The fourth-order valence-electron chi connectivity index (χ4n) is 6.06. The molecule has 5 aromatic rings. The molecule has 0 N–H and O–H groups in total. The third-order valence-corrected chi connectivity index (χ3v) is 10.2. The van der Waals surface area contributed by atoms with Crippen molar-refractivity contribution in [2.24, 2.45) is 9.98 Å². The topological polar surface area (TPSA) is 95.8 Å². The fourth-order valence-corrected chi connectivity index (χ4v) is 6.39. The Kier molecular flexibility index (Phi) is 18.9. The van der Waals surface area contributed by atoms with Crippen LogP contribution >= 0.6 is 15.9 Å². The number of rotatable bonds is 24. The Morgan fingerprint density at radius 3 is 1.36 bits per heavy atom. The van der Waals surface area contributed by atoms with Crippen LogP contribution in [0.4, 0.5) is 11.4 Å². The molecule has 0 aliphatic heterocycles. The van der Waals surface area contributed by atoms with Crippen molar-refractivity contribution < 1.29 is 28.5 Å². The average molecular weight is 860 g/mol. The molecule has 0 spiro atoms. The van der Waals surface area contributed by atoms with Gasteiger partial charge in [-0.2, -0.15) is 0 Å². The number of benzene rings is 5. The number of hydrogen-bond donors (Lipinski definition) is 0. The van der Waals surface area contributed by atoms with Gasteiger partial charge in [0.25, 0.3) is 0 Å². The molecule has 0 bridgehead atoms. The van der Waals surface area contributed by atoms with E-state index in [2.05, 4.69) is 39.8 Å². The van der Waals surface area contributed by atoms with Crippen LogP contribution in [-0.4, -0.2) is 37.6 Å². The normalized spacial score (nSPS) is 11.2. The number of carbonyl (C=O) groups excluding carboxylic acids is 2. The van der Waals surface area contributed by atoms with Crippen molar-refractivity contribution in [1.29, 1.82) is 0 Å². The standard InChI is InChI=1S/C50H55BrN2O6/c1-3-5-7-9-11-13-33-56-44-27-23-42(24-28-44)52-36-38-15-19-40(20-16-38)49(54)58-46-31-32-47(51)48(35-46)59-50(55)41-21-17-39(18-22-41)37-53-43-25-29-45(30-26-43)57-34-14-12-10-8-6-4-2/h15-32,35-37H,3-14,33-34H2,1-2H3. The number of halogens is 1. The van der Waals surface area contributed by atoms with E-state index in [4.69, 9.17) is 18.9 Å². The molecule has 0 unspecified atom stereocenters. The van der Waals surface area contributed by atoms with Gasteiger partial charge in [-0.25, -0.2) is 9.59 Å². The number of ether oxygens (including phenoxy) is 4. The van der Waals surface area contributed by atoms with E-state index >= 15 is 0 Å². The lowest BCUT2D eigenvalue weighted by molar-refractivity contribution is 0.0732. The van der Waals surface area contributed by atoms with E-state index in [-0.39, 0.29) is 11.5 Å². The number of unbranched alkanes of at least 4 members (excludes halogenated alkanes) is 10. The van der Waals surface area contributed by atoms with Crippen molar-refractivity contribution in [3.05, 3.63) is 142 Å². The molecule has 5 aromatic carbocycles. The minimum atomic E-state index is -0.556. The van der Waals surface area contributed by atoms with Gasteiger partial charge in [-0.1, -0.05) is 102 Å². The second-order valence-corrected chi connectivity index (χ2v) is 15.2. The monoisotopic (exact) mass is 858 g/mol. The van der Waals surface area contributed by atoms with Crippen LogP contribution in [0.3, 0.4) is 0 Å². The predicted molar refractivity (Wildman–Crippen MR) is 242 cm³/mol. The van der Waals surface area contributed by atoms with Gasteiger partial charge in [-0.15, -0.1) is 0 Å². The molecule has 0 fully saturated rings. The number of hydrogen-bond acceptors (Lipinski definition) is 8. The summed E-state index contributed by atoms with van der Waals surface area (Å²) in [6.07, 6.45) is 18.2. The zero-order valence-electron chi connectivity index (χ0n) is 34.2. The van der Waals surface area contributed by atoms with Crippen molar-refractivity contribution in [3.8, 4) is 23.0 Å². The number of aliphatic imine (C=N–C) groups is 2. The summed E-state index contributed by atoms with van der Waals surface area (Å²) < 4.78 is 23.6. The molecule has 0 saturated heterocycles. The van der Waals surface area contributed by atoms with Crippen LogP contribution in [0.2, 0.25) is 0 Å². The second-order valence-electron chi connectivity index (χ2n) is 14.4. The quantitative estimate of drug-likeness (QED) is 0.0265. The van der Waals surface area contributed by atoms with Gasteiger partial charge in [0.1, 0.15) is 23.0 Å². The fraction of sp³-hybridized carbons (Fsp3) is 0.320.